The monoisotopic (exact) mass is 667 g/mol. The second-order valence-corrected chi connectivity index (χ2v) is 10.9. The van der Waals surface area contributed by atoms with Crippen molar-refractivity contribution in [3.8, 4) is 0 Å². The number of nitrogens with two attached hydrogens (primary N) is 1. The summed E-state index contributed by atoms with van der Waals surface area (Å²) in [5.74, 6) is -3.89. The Kier molecular flexibility index (Phi) is 10.7. The number of carboxylic acid groups (broad SMARTS) is 2. The number of amides is 2. The van der Waals surface area contributed by atoms with E-state index in [0.29, 0.717) is 34.7 Å². The lowest BCUT2D eigenvalue weighted by atomic mass is 9.93. The maximum atomic E-state index is 14.2. The Balaban J connectivity index is 0.000000671. The fourth-order valence-electron chi connectivity index (χ4n) is 5.26. The minimum absolute atomic E-state index is 0.0177. The molecule has 15 heteroatoms. The second-order valence-electron chi connectivity index (χ2n) is 10.9. The van der Waals surface area contributed by atoms with Gasteiger partial charge in [-0.05, 0) is 83.4 Å². The molecule has 1 unspecified atom stereocenters. The summed E-state index contributed by atoms with van der Waals surface area (Å²) in [6.07, 6.45) is -3.54. The number of carbonyl (C=O) groups excluding carboxylic acids is 2. The first-order chi connectivity index (χ1) is 22.6. The summed E-state index contributed by atoms with van der Waals surface area (Å²) >= 11 is 0. The van der Waals surface area contributed by atoms with Gasteiger partial charge in [0.25, 0.3) is 5.91 Å². The van der Waals surface area contributed by atoms with Crippen LogP contribution in [0, 0.1) is 13.8 Å². The molecule has 2 aliphatic rings. The van der Waals surface area contributed by atoms with Gasteiger partial charge in [0.15, 0.2) is 0 Å². The summed E-state index contributed by atoms with van der Waals surface area (Å²) in [7, 11) is 0. The van der Waals surface area contributed by atoms with Gasteiger partial charge in [-0.25, -0.2) is 14.6 Å². The molecule has 4 bridgehead atoms. The van der Waals surface area contributed by atoms with Crippen LogP contribution in [0.4, 0.5) is 35.2 Å². The van der Waals surface area contributed by atoms with Crippen LogP contribution in [0.15, 0.2) is 66.9 Å². The number of benzene rings is 3. The van der Waals surface area contributed by atoms with E-state index in [2.05, 4.69) is 15.6 Å². The smallest absolute Gasteiger partial charge is 0.480 e. The Morgan fingerprint density at radius 1 is 1.06 bits per heavy atom. The van der Waals surface area contributed by atoms with E-state index in [1.54, 1.807) is 30.5 Å². The minimum Gasteiger partial charge on any atom is -0.480 e. The van der Waals surface area contributed by atoms with Gasteiger partial charge >= 0.3 is 24.2 Å². The summed E-state index contributed by atoms with van der Waals surface area (Å²) < 4.78 is 37.2. The molecule has 0 spiro atoms. The first-order valence-corrected chi connectivity index (χ1v) is 14.5. The number of hydrogen-bond acceptors (Lipinski definition) is 8. The van der Waals surface area contributed by atoms with Crippen molar-refractivity contribution < 1.29 is 47.3 Å². The summed E-state index contributed by atoms with van der Waals surface area (Å²) in [6, 6.07) is 17.3. The number of aliphatic carboxylic acids is 2. The van der Waals surface area contributed by atoms with E-state index >= 15 is 0 Å². The maximum absolute atomic E-state index is 14.2. The average Bonchev–Trinajstić information content (AvgIpc) is 3.00. The number of ether oxygens (including phenoxy) is 1. The molecule has 2 amide bonds. The lowest BCUT2D eigenvalue weighted by Crippen LogP contribution is -2.40. The third-order valence-corrected chi connectivity index (χ3v) is 7.42. The number of aryl methyl sites for hydroxylation is 2. The normalized spacial score (nSPS) is 15.2. The van der Waals surface area contributed by atoms with E-state index in [1.807, 2.05) is 50.2 Å². The number of pyridine rings is 1. The van der Waals surface area contributed by atoms with Crippen molar-refractivity contribution in [3.63, 3.8) is 0 Å². The highest BCUT2D eigenvalue weighted by Gasteiger charge is 2.38. The van der Waals surface area contributed by atoms with Crippen LogP contribution in [-0.2, 0) is 32.1 Å². The molecule has 3 heterocycles. The third kappa shape index (κ3) is 8.90. The SMILES string of the molecule is Cc1cc2cc(C)c1CCOC(=O)Nc1cccc(c1)CN(CC(=O)O)C(=O)C2Nc1ccc2c(N)nccc2c1.O=C(O)C(F)(F)F. The average molecular weight is 668 g/mol. The number of alkyl halides is 3. The predicted octanol–water partition coefficient (Wildman–Crippen LogP) is 5.44. The highest BCUT2D eigenvalue weighted by molar-refractivity contribution is 5.94. The number of nitrogens with one attached hydrogen (secondary N) is 2. The zero-order valence-corrected chi connectivity index (χ0v) is 25.8. The Hall–Kier alpha value is -5.86. The zero-order chi connectivity index (χ0) is 35.2. The van der Waals surface area contributed by atoms with Gasteiger partial charge in [0.1, 0.15) is 18.4 Å². The molecule has 0 saturated carbocycles. The van der Waals surface area contributed by atoms with Gasteiger partial charge in [-0.2, -0.15) is 13.2 Å². The van der Waals surface area contributed by atoms with E-state index in [0.717, 1.165) is 27.5 Å². The van der Waals surface area contributed by atoms with Crippen LogP contribution in [0.5, 0.6) is 0 Å². The van der Waals surface area contributed by atoms with Gasteiger partial charge in [0.2, 0.25) is 0 Å². The van der Waals surface area contributed by atoms with Gasteiger partial charge in [-0.15, -0.1) is 0 Å². The number of nitrogens with zero attached hydrogens (tertiary/aromatic N) is 2. The van der Waals surface area contributed by atoms with Gasteiger partial charge in [-0.1, -0.05) is 24.3 Å². The number of hydrogen-bond donors (Lipinski definition) is 5. The molecular weight excluding hydrogens is 635 g/mol. The molecule has 0 saturated heterocycles. The molecule has 12 nitrogen and oxygen atoms in total. The van der Waals surface area contributed by atoms with E-state index in [9.17, 15) is 32.7 Å². The molecule has 4 aromatic rings. The number of fused-ring (bicyclic) bond motifs is 10. The number of aromatic nitrogens is 1. The number of rotatable bonds is 4. The van der Waals surface area contributed by atoms with Crippen molar-refractivity contribution in [3.05, 3.63) is 94.7 Å². The Morgan fingerprint density at radius 3 is 2.40 bits per heavy atom. The Bertz CT molecular complexity index is 1840. The van der Waals surface area contributed by atoms with Crippen molar-refractivity contribution >= 4 is 51.9 Å². The summed E-state index contributed by atoms with van der Waals surface area (Å²) in [5, 5.41) is 24.6. The van der Waals surface area contributed by atoms with E-state index < -0.39 is 42.7 Å². The van der Waals surface area contributed by atoms with Crippen LogP contribution in [0.2, 0.25) is 0 Å². The Morgan fingerprint density at radius 2 is 1.75 bits per heavy atom. The quantitative estimate of drug-likeness (QED) is 0.188. The van der Waals surface area contributed by atoms with Crippen molar-refractivity contribution in [1.82, 2.24) is 9.88 Å². The third-order valence-electron chi connectivity index (χ3n) is 7.42. The topological polar surface area (TPSA) is 184 Å². The standard InChI is InChI=1S/C31H31N5O5.C2HF3O2/c1-18-12-22-13-19(2)25(18)9-11-41-31(40)35-23-5-3-4-20(14-23)16-36(17-27(37)38)30(39)28(22)34-24-6-7-26-21(15-24)8-10-33-29(26)32;3-2(4,5)1(6)7/h3-8,10,12-15,28,34H,9,11,16-17H2,1-2H3,(H2,32,33)(H,35,40)(H,37,38);(H,6,7). The number of nitrogen functional groups attached to an aromatic ring is 1. The predicted molar refractivity (Wildman–Crippen MR) is 170 cm³/mol. The van der Waals surface area contributed by atoms with Crippen molar-refractivity contribution in [1.29, 1.82) is 0 Å². The van der Waals surface area contributed by atoms with Crippen molar-refractivity contribution in [2.75, 3.05) is 29.5 Å². The highest BCUT2D eigenvalue weighted by Crippen LogP contribution is 2.30. The van der Waals surface area contributed by atoms with E-state index in [1.165, 1.54) is 4.90 Å². The molecule has 6 N–H and O–H groups in total. The van der Waals surface area contributed by atoms with Gasteiger partial charge < -0.3 is 30.9 Å². The first-order valence-electron chi connectivity index (χ1n) is 14.5. The Labute approximate surface area is 272 Å². The molecule has 0 radical (unpaired) electrons. The van der Waals surface area contributed by atoms with Crippen LogP contribution in [0.25, 0.3) is 10.8 Å². The largest absolute Gasteiger partial charge is 0.490 e. The molecule has 0 fully saturated rings. The van der Waals surface area contributed by atoms with Gasteiger partial charge in [-0.3, -0.25) is 14.9 Å². The second kappa shape index (κ2) is 14.7. The molecule has 252 valence electrons. The molecule has 1 atom stereocenters. The highest BCUT2D eigenvalue weighted by atomic mass is 19.4. The molecule has 1 aromatic heterocycles. The fourth-order valence-corrected chi connectivity index (χ4v) is 5.26. The van der Waals surface area contributed by atoms with Crippen LogP contribution >= 0.6 is 0 Å². The molecule has 0 aliphatic carbocycles. The van der Waals surface area contributed by atoms with Gasteiger partial charge in [0.05, 0.1) is 6.61 Å². The molecule has 6 rings (SSSR count). The number of carbonyl (C=O) groups is 4. The summed E-state index contributed by atoms with van der Waals surface area (Å²) in [6.45, 7) is 3.59. The van der Waals surface area contributed by atoms with Gasteiger partial charge in [0, 0.05) is 35.9 Å². The van der Waals surface area contributed by atoms with Crippen LogP contribution in [0.3, 0.4) is 0 Å². The van der Waals surface area contributed by atoms with Crippen molar-refractivity contribution in [2.45, 2.75) is 39.0 Å². The first kappa shape index (κ1) is 35.0. The van der Waals surface area contributed by atoms with Crippen LogP contribution in [0.1, 0.15) is 33.9 Å². The summed E-state index contributed by atoms with van der Waals surface area (Å²) in [5.41, 5.74) is 11.4. The van der Waals surface area contributed by atoms with E-state index in [-0.39, 0.29) is 13.2 Å². The molecule has 3 aromatic carbocycles. The molecule has 48 heavy (non-hydrogen) atoms. The van der Waals surface area contributed by atoms with Crippen LogP contribution < -0.4 is 16.4 Å². The molecular formula is C33H32F3N5O7. The molecule has 2 aliphatic heterocycles. The number of halogens is 3. The maximum Gasteiger partial charge on any atom is 0.490 e. The number of carboxylic acids is 2. The zero-order valence-electron chi connectivity index (χ0n) is 25.8. The fraction of sp³-hybridized carbons (Fsp3) is 0.242. The summed E-state index contributed by atoms with van der Waals surface area (Å²) in [4.78, 5) is 52.9. The minimum atomic E-state index is -5.08. The number of anilines is 3. The van der Waals surface area contributed by atoms with Crippen molar-refractivity contribution in [2.24, 2.45) is 0 Å². The lowest BCUT2D eigenvalue weighted by Gasteiger charge is -2.29. The van der Waals surface area contributed by atoms with Crippen LogP contribution in [-0.4, -0.2) is 63.4 Å². The van der Waals surface area contributed by atoms with E-state index in [4.69, 9.17) is 20.4 Å². The lowest BCUT2D eigenvalue weighted by molar-refractivity contribution is -0.192.